The maximum atomic E-state index is 3.46. The maximum absolute atomic E-state index is 3.46. The van der Waals surface area contributed by atoms with Crippen LogP contribution in [-0.4, -0.2) is 24.5 Å². The van der Waals surface area contributed by atoms with Gasteiger partial charge in [0.2, 0.25) is 0 Å². The molecule has 1 aromatic heterocycles. The first-order valence-corrected chi connectivity index (χ1v) is 7.76. The highest BCUT2D eigenvalue weighted by atomic mass is 32.1. The molecule has 0 radical (unpaired) electrons. The first-order chi connectivity index (χ1) is 8.78. The van der Waals surface area contributed by atoms with Gasteiger partial charge in [0.15, 0.2) is 0 Å². The summed E-state index contributed by atoms with van der Waals surface area (Å²) >= 11 is 1.95. The van der Waals surface area contributed by atoms with Gasteiger partial charge in [-0.15, -0.1) is 11.3 Å². The molecule has 18 heavy (non-hydrogen) atoms. The number of thiophene rings is 1. The van der Waals surface area contributed by atoms with Crippen molar-refractivity contribution in [2.45, 2.75) is 39.8 Å². The van der Waals surface area contributed by atoms with E-state index in [1.54, 1.807) is 0 Å². The first kappa shape index (κ1) is 13.8. The van der Waals surface area contributed by atoms with Gasteiger partial charge in [-0.3, -0.25) is 4.90 Å². The van der Waals surface area contributed by atoms with E-state index in [4.69, 9.17) is 0 Å². The Morgan fingerprint density at radius 3 is 2.94 bits per heavy atom. The monoisotopic (exact) mass is 264 g/mol. The highest BCUT2D eigenvalue weighted by Gasteiger charge is 2.11. The summed E-state index contributed by atoms with van der Waals surface area (Å²) in [4.78, 5) is 5.51. The molecular formula is C15H24N2S. The van der Waals surface area contributed by atoms with Crippen molar-refractivity contribution in [2.75, 3.05) is 19.6 Å². The minimum Gasteiger partial charge on any atom is -0.312 e. The summed E-state index contributed by atoms with van der Waals surface area (Å²) < 4.78 is 0. The summed E-state index contributed by atoms with van der Waals surface area (Å²) in [5, 5.41) is 3.46. The van der Waals surface area contributed by atoms with Crippen LogP contribution in [0.5, 0.6) is 0 Å². The molecule has 0 spiro atoms. The van der Waals surface area contributed by atoms with Crippen LogP contribution in [0, 0.1) is 0 Å². The van der Waals surface area contributed by atoms with Gasteiger partial charge in [0.25, 0.3) is 0 Å². The number of nitrogens with zero attached hydrogens (tertiary/aromatic N) is 1. The molecular weight excluding hydrogens is 240 g/mol. The summed E-state index contributed by atoms with van der Waals surface area (Å²) in [6, 6.07) is 4.57. The molecule has 0 aromatic carbocycles. The van der Waals surface area contributed by atoms with E-state index < -0.39 is 0 Å². The van der Waals surface area contributed by atoms with Crippen LogP contribution in [0.4, 0.5) is 0 Å². The number of rotatable bonds is 6. The van der Waals surface area contributed by atoms with Crippen molar-refractivity contribution in [3.8, 4) is 0 Å². The molecule has 0 unspecified atom stereocenters. The number of nitrogens with one attached hydrogen (secondary N) is 1. The van der Waals surface area contributed by atoms with Gasteiger partial charge in [-0.25, -0.2) is 0 Å². The van der Waals surface area contributed by atoms with Crippen LogP contribution < -0.4 is 5.32 Å². The maximum Gasteiger partial charge on any atom is 0.0331 e. The van der Waals surface area contributed by atoms with Crippen molar-refractivity contribution < 1.29 is 0 Å². The summed E-state index contributed by atoms with van der Waals surface area (Å²) in [6.07, 6.45) is 4.78. The zero-order valence-corrected chi connectivity index (χ0v) is 12.4. The van der Waals surface area contributed by atoms with Crippen molar-refractivity contribution >= 4 is 11.3 Å². The Balaban J connectivity index is 1.81. The Kier molecular flexibility index (Phi) is 5.42. The van der Waals surface area contributed by atoms with Gasteiger partial charge in [0.05, 0.1) is 0 Å². The highest BCUT2D eigenvalue weighted by molar-refractivity contribution is 7.11. The van der Waals surface area contributed by atoms with Gasteiger partial charge < -0.3 is 5.32 Å². The lowest BCUT2D eigenvalue weighted by atomic mass is 10.1. The van der Waals surface area contributed by atoms with Crippen molar-refractivity contribution in [1.82, 2.24) is 10.2 Å². The molecule has 3 heteroatoms. The van der Waals surface area contributed by atoms with Crippen molar-refractivity contribution in [2.24, 2.45) is 0 Å². The molecule has 1 N–H and O–H groups in total. The molecule has 1 aliphatic rings. The van der Waals surface area contributed by atoms with E-state index in [-0.39, 0.29) is 0 Å². The summed E-state index contributed by atoms with van der Waals surface area (Å²) in [7, 11) is 0. The fourth-order valence-electron chi connectivity index (χ4n) is 2.34. The molecule has 0 aliphatic carbocycles. The third-order valence-electron chi connectivity index (χ3n) is 3.23. The predicted octanol–water partition coefficient (Wildman–Crippen LogP) is 3.40. The van der Waals surface area contributed by atoms with Crippen LogP contribution in [0.25, 0.3) is 0 Å². The molecule has 2 rings (SSSR count). The smallest absolute Gasteiger partial charge is 0.0331 e. The zero-order chi connectivity index (χ0) is 12.8. The Morgan fingerprint density at radius 1 is 1.33 bits per heavy atom. The average Bonchev–Trinajstić information content (AvgIpc) is 2.77. The van der Waals surface area contributed by atoms with E-state index in [0.717, 1.165) is 26.2 Å². The minimum absolute atomic E-state index is 1.03. The molecule has 2 nitrogen and oxygen atoms in total. The second-order valence-corrected chi connectivity index (χ2v) is 6.35. The van der Waals surface area contributed by atoms with E-state index in [0.29, 0.717) is 0 Å². The second kappa shape index (κ2) is 7.07. The average molecular weight is 264 g/mol. The normalized spacial score (nSPS) is 16.9. The van der Waals surface area contributed by atoms with Crippen molar-refractivity contribution in [3.05, 3.63) is 33.5 Å². The third kappa shape index (κ3) is 4.23. The molecule has 0 amide bonds. The van der Waals surface area contributed by atoms with Gasteiger partial charge in [-0.2, -0.15) is 0 Å². The Hall–Kier alpha value is -0.640. The van der Waals surface area contributed by atoms with Crippen LogP contribution >= 0.6 is 11.3 Å². The van der Waals surface area contributed by atoms with Crippen molar-refractivity contribution in [1.29, 1.82) is 0 Å². The van der Waals surface area contributed by atoms with Crippen LogP contribution in [0.15, 0.2) is 23.8 Å². The van der Waals surface area contributed by atoms with Crippen molar-refractivity contribution in [3.63, 3.8) is 0 Å². The van der Waals surface area contributed by atoms with Gasteiger partial charge in [-0.1, -0.05) is 18.6 Å². The molecule has 0 fully saturated rings. The summed E-state index contributed by atoms with van der Waals surface area (Å²) in [5.41, 5.74) is 1.52. The fourth-order valence-corrected chi connectivity index (χ4v) is 3.37. The Labute approximate surface area is 115 Å². The third-order valence-corrected chi connectivity index (χ3v) is 4.30. The lowest BCUT2D eigenvalue weighted by Crippen LogP contribution is -2.28. The van der Waals surface area contributed by atoms with Gasteiger partial charge in [-0.05, 0) is 38.4 Å². The van der Waals surface area contributed by atoms with Gasteiger partial charge >= 0.3 is 0 Å². The Bertz CT molecular complexity index is 395. The molecule has 0 atom stereocenters. The topological polar surface area (TPSA) is 15.3 Å². The van der Waals surface area contributed by atoms with Crippen LogP contribution in [0.1, 0.15) is 36.4 Å². The Morgan fingerprint density at radius 2 is 2.17 bits per heavy atom. The van der Waals surface area contributed by atoms with Gasteiger partial charge in [0, 0.05) is 35.9 Å². The van der Waals surface area contributed by atoms with Crippen LogP contribution in [0.2, 0.25) is 0 Å². The molecule has 0 saturated carbocycles. The first-order valence-electron chi connectivity index (χ1n) is 6.94. The minimum atomic E-state index is 1.03. The molecule has 2 heterocycles. The zero-order valence-electron chi connectivity index (χ0n) is 11.5. The lowest BCUT2D eigenvalue weighted by Gasteiger charge is -2.25. The van der Waals surface area contributed by atoms with Crippen LogP contribution in [0.3, 0.4) is 0 Å². The molecule has 0 saturated heterocycles. The standard InChI is InChI=1S/C15H24N2S/c1-3-8-16-10-14-6-7-15(18-14)12-17-9-4-5-13(2)11-17/h5-7,16H,3-4,8-12H2,1-2H3. The SMILES string of the molecule is CCCNCc1ccc(CN2CCC=C(C)C2)s1. The molecule has 1 aliphatic heterocycles. The van der Waals surface area contributed by atoms with Gasteiger partial charge in [0.1, 0.15) is 0 Å². The summed E-state index contributed by atoms with van der Waals surface area (Å²) in [5.74, 6) is 0. The van der Waals surface area contributed by atoms with Crippen LogP contribution in [-0.2, 0) is 13.1 Å². The summed E-state index contributed by atoms with van der Waals surface area (Å²) in [6.45, 7) is 10.0. The van der Waals surface area contributed by atoms with E-state index in [2.05, 4.69) is 42.3 Å². The van der Waals surface area contributed by atoms with E-state index in [1.807, 2.05) is 11.3 Å². The largest absolute Gasteiger partial charge is 0.312 e. The quantitative estimate of drug-likeness (QED) is 0.626. The molecule has 0 bridgehead atoms. The highest BCUT2D eigenvalue weighted by Crippen LogP contribution is 2.20. The molecule has 100 valence electrons. The van der Waals surface area contributed by atoms with E-state index in [1.165, 1.54) is 34.7 Å². The van der Waals surface area contributed by atoms with E-state index in [9.17, 15) is 0 Å². The lowest BCUT2D eigenvalue weighted by molar-refractivity contribution is 0.285. The van der Waals surface area contributed by atoms with E-state index >= 15 is 0 Å². The number of hydrogen-bond donors (Lipinski definition) is 1. The second-order valence-electron chi connectivity index (χ2n) is 5.09. The predicted molar refractivity (Wildman–Crippen MR) is 80.0 cm³/mol. The number of hydrogen-bond acceptors (Lipinski definition) is 3. The molecule has 1 aromatic rings. The fraction of sp³-hybridized carbons (Fsp3) is 0.600.